The monoisotopic (exact) mass is 442 g/mol. The Labute approximate surface area is 177 Å². The first-order valence-electron chi connectivity index (χ1n) is 10.2. The lowest BCUT2D eigenvalue weighted by Gasteiger charge is -2.21. The van der Waals surface area contributed by atoms with Gasteiger partial charge in [-0.1, -0.05) is 12.8 Å². The number of rotatable bonds is 6. The first-order valence-corrected chi connectivity index (χ1v) is 10.2. The molecule has 3 rings (SSSR count). The van der Waals surface area contributed by atoms with E-state index in [-0.39, 0.29) is 28.8 Å². The SMILES string of the molecule is Cc1cc(C(=O)COC(=O)[C@H](C)N2C(=O)C3CCCCC3C2=O)c(C)n1CC(F)(F)F. The molecule has 2 unspecified atom stereocenters. The Hall–Kier alpha value is -2.65. The van der Waals surface area contributed by atoms with Crippen LogP contribution < -0.4 is 0 Å². The van der Waals surface area contributed by atoms with Gasteiger partial charge in [0, 0.05) is 17.0 Å². The molecule has 7 nitrogen and oxygen atoms in total. The van der Waals surface area contributed by atoms with Crippen LogP contribution >= 0.6 is 0 Å². The quantitative estimate of drug-likeness (QED) is 0.384. The van der Waals surface area contributed by atoms with Gasteiger partial charge in [0.2, 0.25) is 17.6 Å². The highest BCUT2D eigenvalue weighted by Crippen LogP contribution is 2.39. The van der Waals surface area contributed by atoms with Crippen LogP contribution in [0.25, 0.3) is 0 Å². The van der Waals surface area contributed by atoms with Gasteiger partial charge in [-0.15, -0.1) is 0 Å². The van der Waals surface area contributed by atoms with Crippen molar-refractivity contribution in [3.05, 3.63) is 23.0 Å². The normalized spacial score (nSPS) is 22.5. The second-order valence-corrected chi connectivity index (χ2v) is 8.24. The van der Waals surface area contributed by atoms with Crippen LogP contribution in [0.5, 0.6) is 0 Å². The van der Waals surface area contributed by atoms with Gasteiger partial charge in [-0.25, -0.2) is 4.79 Å². The van der Waals surface area contributed by atoms with Crippen molar-refractivity contribution >= 4 is 23.6 Å². The van der Waals surface area contributed by atoms with Crippen molar-refractivity contribution in [2.24, 2.45) is 11.8 Å². The van der Waals surface area contributed by atoms with E-state index in [0.29, 0.717) is 12.8 Å². The molecule has 1 aromatic heterocycles. The van der Waals surface area contributed by atoms with E-state index in [0.717, 1.165) is 22.3 Å². The molecular weight excluding hydrogens is 417 g/mol. The molecule has 31 heavy (non-hydrogen) atoms. The number of ether oxygens (including phenoxy) is 1. The zero-order valence-corrected chi connectivity index (χ0v) is 17.6. The number of imide groups is 1. The van der Waals surface area contributed by atoms with Crippen molar-refractivity contribution in [1.29, 1.82) is 0 Å². The third-order valence-corrected chi connectivity index (χ3v) is 6.16. The highest BCUT2D eigenvalue weighted by molar-refractivity contribution is 6.08. The maximum absolute atomic E-state index is 12.7. The molecule has 1 aliphatic carbocycles. The number of ketones is 1. The number of esters is 1. The standard InChI is InChI=1S/C21H25F3N2O5/c1-11-8-16(12(2)25(11)10-21(22,23)24)17(27)9-31-20(30)13(3)26-18(28)14-6-4-5-7-15(14)19(26)29/h8,13-15H,4-7,9-10H2,1-3H3/t13-,14?,15?/m0/s1. The van der Waals surface area contributed by atoms with E-state index in [4.69, 9.17) is 4.74 Å². The molecule has 2 fully saturated rings. The number of halogens is 3. The van der Waals surface area contributed by atoms with Crippen molar-refractivity contribution in [2.45, 2.75) is 65.2 Å². The van der Waals surface area contributed by atoms with Crippen molar-refractivity contribution in [3.63, 3.8) is 0 Å². The van der Waals surface area contributed by atoms with Crippen molar-refractivity contribution in [2.75, 3.05) is 6.61 Å². The van der Waals surface area contributed by atoms with Gasteiger partial charge in [0.05, 0.1) is 11.8 Å². The van der Waals surface area contributed by atoms with Gasteiger partial charge in [-0.3, -0.25) is 19.3 Å². The number of fused-ring (bicyclic) bond motifs is 1. The number of likely N-dealkylation sites (tertiary alicyclic amines) is 1. The molecule has 170 valence electrons. The predicted molar refractivity (Wildman–Crippen MR) is 102 cm³/mol. The lowest BCUT2D eigenvalue weighted by molar-refractivity contribution is -0.157. The number of amides is 2. The lowest BCUT2D eigenvalue weighted by Crippen LogP contribution is -2.44. The Balaban J connectivity index is 1.64. The predicted octanol–water partition coefficient (Wildman–Crippen LogP) is 2.96. The lowest BCUT2D eigenvalue weighted by atomic mass is 9.81. The van der Waals surface area contributed by atoms with Crippen LogP contribution in [0.2, 0.25) is 0 Å². The van der Waals surface area contributed by atoms with E-state index in [1.807, 2.05) is 0 Å². The van der Waals surface area contributed by atoms with Crippen LogP contribution in [0.4, 0.5) is 13.2 Å². The molecule has 0 spiro atoms. The summed E-state index contributed by atoms with van der Waals surface area (Å²) in [6, 6.07) is 0.148. The summed E-state index contributed by atoms with van der Waals surface area (Å²) in [6.07, 6.45) is -1.51. The average molecular weight is 442 g/mol. The molecule has 1 aliphatic heterocycles. The minimum Gasteiger partial charge on any atom is -0.456 e. The zero-order valence-electron chi connectivity index (χ0n) is 17.6. The summed E-state index contributed by atoms with van der Waals surface area (Å²) in [5.41, 5.74) is 0.410. The fourth-order valence-corrected chi connectivity index (χ4v) is 4.52. The Bertz CT molecular complexity index is 897. The number of aromatic nitrogens is 1. The number of nitrogens with zero attached hydrogens (tertiary/aromatic N) is 2. The third kappa shape index (κ3) is 4.52. The summed E-state index contributed by atoms with van der Waals surface area (Å²) in [6.45, 7) is 2.29. The van der Waals surface area contributed by atoms with Gasteiger partial charge < -0.3 is 9.30 Å². The molecular formula is C21H25F3N2O5. The summed E-state index contributed by atoms with van der Waals surface area (Å²) in [4.78, 5) is 51.0. The first-order chi connectivity index (χ1) is 14.4. The number of carbonyl (C=O) groups is 4. The Kier molecular flexibility index (Phi) is 6.29. The van der Waals surface area contributed by atoms with E-state index in [1.54, 1.807) is 0 Å². The number of hydrogen-bond donors (Lipinski definition) is 0. The van der Waals surface area contributed by atoms with Gasteiger partial charge in [0.25, 0.3) is 0 Å². The Morgan fingerprint density at radius 2 is 1.68 bits per heavy atom. The fourth-order valence-electron chi connectivity index (χ4n) is 4.52. The van der Waals surface area contributed by atoms with Gasteiger partial charge in [-0.2, -0.15) is 13.2 Å². The molecule has 0 bridgehead atoms. The first kappa shape index (κ1) is 23.0. The van der Waals surface area contributed by atoms with Crippen LogP contribution in [0.15, 0.2) is 6.07 Å². The van der Waals surface area contributed by atoms with Crippen LogP contribution in [0, 0.1) is 25.7 Å². The van der Waals surface area contributed by atoms with E-state index < -0.39 is 49.0 Å². The number of Topliss-reactive ketones (excluding diaryl/α,β-unsaturated/α-hetero) is 1. The molecule has 0 radical (unpaired) electrons. The smallest absolute Gasteiger partial charge is 0.406 e. The Morgan fingerprint density at radius 3 is 2.19 bits per heavy atom. The van der Waals surface area contributed by atoms with Crippen LogP contribution in [-0.2, 0) is 25.7 Å². The highest BCUT2D eigenvalue weighted by atomic mass is 19.4. The van der Waals surface area contributed by atoms with Gasteiger partial charge in [0.1, 0.15) is 12.6 Å². The topological polar surface area (TPSA) is 85.7 Å². The minimum atomic E-state index is -4.44. The van der Waals surface area contributed by atoms with Crippen LogP contribution in [0.1, 0.15) is 54.4 Å². The van der Waals surface area contributed by atoms with Gasteiger partial charge in [0.15, 0.2) is 6.61 Å². The molecule has 1 saturated heterocycles. The third-order valence-electron chi connectivity index (χ3n) is 6.16. The molecule has 10 heteroatoms. The minimum absolute atomic E-state index is 0.0292. The van der Waals surface area contributed by atoms with E-state index in [9.17, 15) is 32.3 Å². The molecule has 0 N–H and O–H groups in total. The van der Waals surface area contributed by atoms with Gasteiger partial charge in [-0.05, 0) is 39.7 Å². The van der Waals surface area contributed by atoms with Crippen LogP contribution in [0.3, 0.4) is 0 Å². The summed E-state index contributed by atoms with van der Waals surface area (Å²) < 4.78 is 44.2. The molecule has 0 aromatic carbocycles. The summed E-state index contributed by atoms with van der Waals surface area (Å²) in [7, 11) is 0. The van der Waals surface area contributed by atoms with E-state index in [2.05, 4.69) is 0 Å². The maximum Gasteiger partial charge on any atom is 0.406 e. The number of carbonyl (C=O) groups excluding carboxylic acids is 4. The molecule has 1 saturated carbocycles. The largest absolute Gasteiger partial charge is 0.456 e. The molecule has 1 aromatic rings. The second kappa shape index (κ2) is 8.47. The van der Waals surface area contributed by atoms with Gasteiger partial charge >= 0.3 is 12.1 Å². The van der Waals surface area contributed by atoms with Crippen molar-refractivity contribution in [1.82, 2.24) is 9.47 Å². The number of alkyl halides is 3. The summed E-state index contributed by atoms with van der Waals surface area (Å²) in [5.74, 6) is -3.15. The van der Waals surface area contributed by atoms with Crippen molar-refractivity contribution < 1.29 is 37.1 Å². The van der Waals surface area contributed by atoms with Crippen LogP contribution in [-0.4, -0.2) is 51.9 Å². The average Bonchev–Trinajstić information content (AvgIpc) is 3.12. The highest BCUT2D eigenvalue weighted by Gasteiger charge is 2.51. The molecule has 2 aliphatic rings. The van der Waals surface area contributed by atoms with E-state index in [1.165, 1.54) is 26.8 Å². The maximum atomic E-state index is 12.7. The Morgan fingerprint density at radius 1 is 1.13 bits per heavy atom. The second-order valence-electron chi connectivity index (χ2n) is 8.24. The number of aryl methyl sites for hydroxylation is 1. The fraction of sp³-hybridized carbons (Fsp3) is 0.619. The molecule has 2 amide bonds. The molecule has 2 heterocycles. The zero-order chi connectivity index (χ0) is 23.1. The molecule has 3 atom stereocenters. The number of hydrogen-bond acceptors (Lipinski definition) is 5. The van der Waals surface area contributed by atoms with Crippen molar-refractivity contribution in [3.8, 4) is 0 Å². The summed E-state index contributed by atoms with van der Waals surface area (Å²) in [5, 5.41) is 0. The summed E-state index contributed by atoms with van der Waals surface area (Å²) >= 11 is 0. The van der Waals surface area contributed by atoms with E-state index >= 15 is 0 Å².